The predicted octanol–water partition coefficient (Wildman–Crippen LogP) is 3.84. The summed E-state index contributed by atoms with van der Waals surface area (Å²) < 4.78 is 1.95. The lowest BCUT2D eigenvalue weighted by Gasteiger charge is -2.29. The van der Waals surface area contributed by atoms with E-state index in [0.717, 1.165) is 28.2 Å². The third-order valence-corrected chi connectivity index (χ3v) is 4.08. The van der Waals surface area contributed by atoms with Crippen molar-refractivity contribution in [2.75, 3.05) is 5.32 Å². The van der Waals surface area contributed by atoms with E-state index >= 15 is 0 Å². The van der Waals surface area contributed by atoms with E-state index in [4.69, 9.17) is 0 Å². The number of aromatic hydroxyl groups is 1. The van der Waals surface area contributed by atoms with Crippen LogP contribution in [0.3, 0.4) is 0 Å². The standard InChI is InChI=1S/C18H17N3O/c1-11-7-8-15-14(9-11)16-10-12(2)20-21(16)18(19-15)13-5-3-4-6-17(13)22/h3-10,18-19,22H,1-2H3/t18-/m1/s1. The van der Waals surface area contributed by atoms with Gasteiger partial charge in [-0.05, 0) is 38.1 Å². The highest BCUT2D eigenvalue weighted by Crippen LogP contribution is 2.40. The molecule has 0 radical (unpaired) electrons. The van der Waals surface area contributed by atoms with E-state index in [0.29, 0.717) is 0 Å². The number of benzene rings is 2. The van der Waals surface area contributed by atoms with Crippen LogP contribution in [0.4, 0.5) is 5.69 Å². The number of hydrogen-bond acceptors (Lipinski definition) is 3. The molecule has 4 heteroatoms. The Bertz CT molecular complexity index is 867. The first-order chi connectivity index (χ1) is 10.6. The number of phenols is 1. The fourth-order valence-corrected chi connectivity index (χ4v) is 3.05. The second kappa shape index (κ2) is 4.63. The molecule has 0 saturated carbocycles. The first-order valence-corrected chi connectivity index (χ1v) is 7.35. The summed E-state index contributed by atoms with van der Waals surface area (Å²) in [7, 11) is 0. The number of rotatable bonds is 1. The van der Waals surface area contributed by atoms with Crippen molar-refractivity contribution in [2.45, 2.75) is 20.0 Å². The van der Waals surface area contributed by atoms with Gasteiger partial charge in [0, 0.05) is 16.8 Å². The van der Waals surface area contributed by atoms with Gasteiger partial charge in [-0.3, -0.25) is 0 Å². The number of para-hydroxylation sites is 1. The summed E-state index contributed by atoms with van der Waals surface area (Å²) in [4.78, 5) is 0. The fourth-order valence-electron chi connectivity index (χ4n) is 3.05. The summed E-state index contributed by atoms with van der Waals surface area (Å²) in [6.07, 6.45) is -0.208. The van der Waals surface area contributed by atoms with Crippen LogP contribution < -0.4 is 5.32 Å². The summed E-state index contributed by atoms with van der Waals surface area (Å²) >= 11 is 0. The van der Waals surface area contributed by atoms with Gasteiger partial charge in [-0.1, -0.05) is 29.8 Å². The lowest BCUT2D eigenvalue weighted by atomic mass is 10.0. The number of nitrogens with one attached hydrogen (secondary N) is 1. The Balaban J connectivity index is 1.94. The lowest BCUT2D eigenvalue weighted by Crippen LogP contribution is -2.25. The van der Waals surface area contributed by atoms with Crippen molar-refractivity contribution in [2.24, 2.45) is 0 Å². The zero-order valence-electron chi connectivity index (χ0n) is 12.5. The molecule has 2 heterocycles. The number of aryl methyl sites for hydroxylation is 2. The molecule has 4 rings (SSSR count). The van der Waals surface area contributed by atoms with Gasteiger partial charge >= 0.3 is 0 Å². The molecule has 3 aromatic rings. The first-order valence-electron chi connectivity index (χ1n) is 7.35. The number of phenolic OH excluding ortho intramolecular Hbond substituents is 1. The summed E-state index contributed by atoms with van der Waals surface area (Å²) in [6.45, 7) is 4.08. The van der Waals surface area contributed by atoms with E-state index in [-0.39, 0.29) is 11.9 Å². The van der Waals surface area contributed by atoms with Gasteiger partial charge in [-0.2, -0.15) is 5.10 Å². The zero-order valence-corrected chi connectivity index (χ0v) is 12.5. The molecular weight excluding hydrogens is 274 g/mol. The van der Waals surface area contributed by atoms with Gasteiger partial charge in [-0.25, -0.2) is 4.68 Å². The summed E-state index contributed by atoms with van der Waals surface area (Å²) in [6, 6.07) is 15.8. The molecule has 0 bridgehead atoms. The van der Waals surface area contributed by atoms with Crippen molar-refractivity contribution in [3.05, 3.63) is 65.4 Å². The molecule has 0 saturated heterocycles. The van der Waals surface area contributed by atoms with E-state index in [1.165, 1.54) is 5.56 Å². The monoisotopic (exact) mass is 291 g/mol. The number of hydrogen-bond donors (Lipinski definition) is 2. The maximum absolute atomic E-state index is 10.2. The van der Waals surface area contributed by atoms with Crippen LogP contribution in [0.25, 0.3) is 11.3 Å². The van der Waals surface area contributed by atoms with Crippen LogP contribution in [0.2, 0.25) is 0 Å². The second-order valence-corrected chi connectivity index (χ2v) is 5.77. The van der Waals surface area contributed by atoms with Crippen LogP contribution in [0, 0.1) is 13.8 Å². The molecule has 1 aliphatic rings. The molecule has 0 amide bonds. The molecule has 1 aliphatic heterocycles. The Morgan fingerprint density at radius 1 is 1.09 bits per heavy atom. The molecule has 0 fully saturated rings. The Labute approximate surface area is 129 Å². The average molecular weight is 291 g/mol. The fraction of sp³-hybridized carbons (Fsp3) is 0.167. The number of anilines is 1. The minimum atomic E-state index is -0.208. The summed E-state index contributed by atoms with van der Waals surface area (Å²) in [5, 5.41) is 18.3. The van der Waals surface area contributed by atoms with Crippen LogP contribution in [0.15, 0.2) is 48.5 Å². The van der Waals surface area contributed by atoms with Gasteiger partial charge in [0.25, 0.3) is 0 Å². The van der Waals surface area contributed by atoms with Gasteiger partial charge in [-0.15, -0.1) is 0 Å². The normalized spacial score (nSPS) is 15.8. The number of nitrogens with zero attached hydrogens (tertiary/aromatic N) is 2. The third-order valence-electron chi connectivity index (χ3n) is 4.08. The quantitative estimate of drug-likeness (QED) is 0.716. The zero-order chi connectivity index (χ0) is 15.3. The summed E-state index contributed by atoms with van der Waals surface area (Å²) in [5.74, 6) is 0.273. The van der Waals surface area contributed by atoms with E-state index in [1.807, 2.05) is 29.8 Å². The second-order valence-electron chi connectivity index (χ2n) is 5.77. The van der Waals surface area contributed by atoms with Crippen LogP contribution >= 0.6 is 0 Å². The molecule has 2 N–H and O–H groups in total. The topological polar surface area (TPSA) is 50.1 Å². The van der Waals surface area contributed by atoms with Crippen molar-refractivity contribution in [1.29, 1.82) is 0 Å². The maximum atomic E-state index is 10.2. The van der Waals surface area contributed by atoms with Crippen molar-refractivity contribution in [1.82, 2.24) is 9.78 Å². The van der Waals surface area contributed by atoms with Crippen LogP contribution in [-0.4, -0.2) is 14.9 Å². The minimum absolute atomic E-state index is 0.208. The Morgan fingerprint density at radius 2 is 1.91 bits per heavy atom. The Morgan fingerprint density at radius 3 is 2.73 bits per heavy atom. The average Bonchev–Trinajstić information content (AvgIpc) is 2.89. The molecule has 0 spiro atoms. The number of fused-ring (bicyclic) bond motifs is 3. The molecule has 1 atom stereocenters. The Hall–Kier alpha value is -2.75. The smallest absolute Gasteiger partial charge is 0.150 e. The summed E-state index contributed by atoms with van der Waals surface area (Å²) in [5.41, 5.74) is 6.28. The highest BCUT2D eigenvalue weighted by atomic mass is 16.3. The molecule has 2 aromatic carbocycles. The first kappa shape index (κ1) is 13.0. The lowest BCUT2D eigenvalue weighted by molar-refractivity contribution is 0.452. The van der Waals surface area contributed by atoms with E-state index in [1.54, 1.807) is 6.07 Å². The van der Waals surface area contributed by atoms with Crippen molar-refractivity contribution in [3.63, 3.8) is 0 Å². The van der Waals surface area contributed by atoms with Crippen molar-refractivity contribution in [3.8, 4) is 17.0 Å². The van der Waals surface area contributed by atoms with E-state index in [9.17, 15) is 5.11 Å². The van der Waals surface area contributed by atoms with E-state index in [2.05, 4.69) is 41.6 Å². The van der Waals surface area contributed by atoms with Gasteiger partial charge in [0.2, 0.25) is 0 Å². The third kappa shape index (κ3) is 1.88. The SMILES string of the molecule is Cc1ccc2c(c1)-c1cc(C)nn1[C@H](c1ccccc1O)N2. The van der Waals surface area contributed by atoms with Gasteiger partial charge in [0.15, 0.2) is 6.17 Å². The molecule has 0 aliphatic carbocycles. The highest BCUT2D eigenvalue weighted by Gasteiger charge is 2.27. The molecule has 110 valence electrons. The molecule has 22 heavy (non-hydrogen) atoms. The van der Waals surface area contributed by atoms with Gasteiger partial charge in [0.1, 0.15) is 5.75 Å². The molecule has 0 unspecified atom stereocenters. The van der Waals surface area contributed by atoms with Crippen LogP contribution in [0.5, 0.6) is 5.75 Å². The largest absolute Gasteiger partial charge is 0.508 e. The van der Waals surface area contributed by atoms with Gasteiger partial charge in [0.05, 0.1) is 11.4 Å². The van der Waals surface area contributed by atoms with Crippen molar-refractivity contribution >= 4 is 5.69 Å². The van der Waals surface area contributed by atoms with Crippen LogP contribution in [-0.2, 0) is 0 Å². The molecule has 1 aromatic heterocycles. The maximum Gasteiger partial charge on any atom is 0.150 e. The van der Waals surface area contributed by atoms with Gasteiger partial charge < -0.3 is 10.4 Å². The highest BCUT2D eigenvalue weighted by molar-refractivity contribution is 5.79. The Kier molecular flexibility index (Phi) is 2.73. The molecule has 4 nitrogen and oxygen atoms in total. The van der Waals surface area contributed by atoms with Crippen LogP contribution in [0.1, 0.15) is 23.0 Å². The van der Waals surface area contributed by atoms with Crippen molar-refractivity contribution < 1.29 is 5.11 Å². The predicted molar refractivity (Wildman–Crippen MR) is 87.0 cm³/mol. The van der Waals surface area contributed by atoms with E-state index < -0.39 is 0 Å². The molecular formula is C18H17N3O. The minimum Gasteiger partial charge on any atom is -0.508 e. The number of aromatic nitrogens is 2.